The third-order valence-electron chi connectivity index (χ3n) is 3.37. The highest BCUT2D eigenvalue weighted by molar-refractivity contribution is 5.82. The summed E-state index contributed by atoms with van der Waals surface area (Å²) < 4.78 is 6.82. The van der Waals surface area contributed by atoms with E-state index in [9.17, 15) is 10.2 Å². The van der Waals surface area contributed by atoms with Crippen LogP contribution in [0.4, 0.5) is 11.8 Å². The van der Waals surface area contributed by atoms with Crippen molar-refractivity contribution in [3.63, 3.8) is 0 Å². The monoisotopic (exact) mass is 297 g/mol. The summed E-state index contributed by atoms with van der Waals surface area (Å²) in [5.41, 5.74) is 8.61. The number of rotatable bonds is 3. The second-order valence-corrected chi connectivity index (χ2v) is 4.63. The molecule has 8 N–H and O–H groups in total. The topological polar surface area (TPSA) is 178 Å². The SMILES string of the molecule is NNc1nc(N)c2ncn([C@@H]3O[C@H](CO)[C@H](O)[C@@H]3O)c2n1. The summed E-state index contributed by atoms with van der Waals surface area (Å²) in [6, 6.07) is 0. The molecule has 2 aromatic rings. The van der Waals surface area contributed by atoms with Gasteiger partial charge in [0.2, 0.25) is 5.95 Å². The maximum atomic E-state index is 10.0. The molecule has 0 aliphatic carbocycles. The number of nitrogens with two attached hydrogens (primary N) is 2. The molecule has 3 heterocycles. The molecule has 0 aromatic carbocycles. The molecule has 114 valence electrons. The van der Waals surface area contributed by atoms with Crippen molar-refractivity contribution < 1.29 is 20.1 Å². The molecule has 1 saturated heterocycles. The fourth-order valence-electron chi connectivity index (χ4n) is 2.30. The molecule has 0 saturated carbocycles. The van der Waals surface area contributed by atoms with Crippen molar-refractivity contribution in [2.24, 2.45) is 5.84 Å². The Morgan fingerprint density at radius 1 is 1.33 bits per heavy atom. The Labute approximate surface area is 118 Å². The highest BCUT2D eigenvalue weighted by atomic mass is 16.6. The quantitative estimate of drug-likeness (QED) is 0.258. The normalized spacial score (nSPS) is 29.1. The van der Waals surface area contributed by atoms with Gasteiger partial charge in [0.25, 0.3) is 0 Å². The van der Waals surface area contributed by atoms with Gasteiger partial charge in [-0.15, -0.1) is 0 Å². The van der Waals surface area contributed by atoms with Crippen LogP contribution in [-0.2, 0) is 4.74 Å². The van der Waals surface area contributed by atoms with Crippen molar-refractivity contribution in [1.82, 2.24) is 19.5 Å². The summed E-state index contributed by atoms with van der Waals surface area (Å²) in [5.74, 6) is 5.45. The van der Waals surface area contributed by atoms with E-state index in [0.29, 0.717) is 5.52 Å². The molecule has 0 bridgehead atoms. The van der Waals surface area contributed by atoms with Crippen LogP contribution in [-0.4, -0.2) is 59.8 Å². The number of hydrogen-bond acceptors (Lipinski definition) is 10. The van der Waals surface area contributed by atoms with E-state index >= 15 is 0 Å². The van der Waals surface area contributed by atoms with Crippen molar-refractivity contribution in [2.75, 3.05) is 17.8 Å². The van der Waals surface area contributed by atoms with Gasteiger partial charge < -0.3 is 25.8 Å². The van der Waals surface area contributed by atoms with Crippen molar-refractivity contribution in [3.05, 3.63) is 6.33 Å². The summed E-state index contributed by atoms with van der Waals surface area (Å²) in [7, 11) is 0. The average Bonchev–Trinajstić information content (AvgIpc) is 3.02. The Balaban J connectivity index is 2.07. The van der Waals surface area contributed by atoms with Crippen molar-refractivity contribution >= 4 is 22.9 Å². The molecule has 0 spiro atoms. The van der Waals surface area contributed by atoms with E-state index in [-0.39, 0.29) is 17.4 Å². The summed E-state index contributed by atoms with van der Waals surface area (Å²) in [4.78, 5) is 12.1. The minimum absolute atomic E-state index is 0.0773. The number of imidazole rings is 1. The van der Waals surface area contributed by atoms with E-state index in [2.05, 4.69) is 20.4 Å². The van der Waals surface area contributed by atoms with Gasteiger partial charge in [0, 0.05) is 0 Å². The van der Waals surface area contributed by atoms with Crippen LogP contribution >= 0.6 is 0 Å². The lowest BCUT2D eigenvalue weighted by molar-refractivity contribution is -0.0511. The zero-order valence-corrected chi connectivity index (χ0v) is 10.8. The first kappa shape index (κ1) is 13.9. The van der Waals surface area contributed by atoms with Gasteiger partial charge in [-0.05, 0) is 0 Å². The van der Waals surface area contributed by atoms with Gasteiger partial charge in [-0.25, -0.2) is 10.8 Å². The van der Waals surface area contributed by atoms with Gasteiger partial charge in [-0.1, -0.05) is 0 Å². The molecule has 0 radical (unpaired) electrons. The van der Waals surface area contributed by atoms with Gasteiger partial charge >= 0.3 is 0 Å². The minimum atomic E-state index is -1.25. The third kappa shape index (κ3) is 2.07. The molecule has 2 aromatic heterocycles. The predicted molar refractivity (Wildman–Crippen MR) is 70.6 cm³/mol. The number of hydrazine groups is 1. The Bertz CT molecular complexity index is 662. The standard InChI is InChI=1S/C10H15N7O4/c11-7-4-8(15-10(14-7)16-12)17(2-13-4)9-6(20)5(19)3(1-18)21-9/h2-3,5-6,9,18-20H,1,12H2,(H3,11,14,15,16)/t3-,5+,6+,9-/m1/s1. The van der Waals surface area contributed by atoms with Crippen LogP contribution in [0.15, 0.2) is 6.33 Å². The first-order valence-electron chi connectivity index (χ1n) is 6.16. The maximum absolute atomic E-state index is 10.0. The first-order valence-corrected chi connectivity index (χ1v) is 6.16. The first-order chi connectivity index (χ1) is 10.1. The van der Waals surface area contributed by atoms with E-state index in [0.717, 1.165) is 0 Å². The van der Waals surface area contributed by atoms with Gasteiger partial charge in [-0.2, -0.15) is 9.97 Å². The van der Waals surface area contributed by atoms with Gasteiger partial charge in [0.05, 0.1) is 12.9 Å². The lowest BCUT2D eigenvalue weighted by Gasteiger charge is -2.16. The number of ether oxygens (including phenoxy) is 1. The highest BCUT2D eigenvalue weighted by Crippen LogP contribution is 2.32. The van der Waals surface area contributed by atoms with Gasteiger partial charge in [0.1, 0.15) is 23.8 Å². The van der Waals surface area contributed by atoms with Crippen LogP contribution in [0, 0.1) is 0 Å². The van der Waals surface area contributed by atoms with Crippen molar-refractivity contribution in [1.29, 1.82) is 0 Å². The molecule has 3 rings (SSSR count). The molecule has 4 atom stereocenters. The number of nitrogen functional groups attached to an aromatic ring is 2. The smallest absolute Gasteiger partial charge is 0.241 e. The third-order valence-corrected chi connectivity index (χ3v) is 3.37. The van der Waals surface area contributed by atoms with Crippen LogP contribution in [0.5, 0.6) is 0 Å². The highest BCUT2D eigenvalue weighted by Gasteiger charge is 2.44. The Kier molecular flexibility index (Phi) is 3.35. The Morgan fingerprint density at radius 2 is 2.10 bits per heavy atom. The number of nitrogens with zero attached hydrogens (tertiary/aromatic N) is 4. The zero-order chi connectivity index (χ0) is 15.1. The zero-order valence-electron chi connectivity index (χ0n) is 10.8. The van der Waals surface area contributed by atoms with Crippen molar-refractivity contribution in [2.45, 2.75) is 24.5 Å². The molecular formula is C10H15N7O4. The molecule has 1 fully saturated rings. The number of aromatic nitrogens is 4. The van der Waals surface area contributed by atoms with E-state index in [4.69, 9.17) is 21.4 Å². The lowest BCUT2D eigenvalue weighted by Crippen LogP contribution is -2.33. The minimum Gasteiger partial charge on any atom is -0.394 e. The molecular weight excluding hydrogens is 282 g/mol. The van der Waals surface area contributed by atoms with Crippen LogP contribution in [0.1, 0.15) is 6.23 Å². The summed E-state index contributed by atoms with van der Waals surface area (Å²) in [6.07, 6.45) is -2.96. The average molecular weight is 297 g/mol. The number of aliphatic hydroxyl groups excluding tert-OH is 3. The van der Waals surface area contributed by atoms with Crippen LogP contribution in [0.25, 0.3) is 11.2 Å². The number of nitrogens with one attached hydrogen (secondary N) is 1. The van der Waals surface area contributed by atoms with Gasteiger partial charge in [-0.3, -0.25) is 9.99 Å². The van der Waals surface area contributed by atoms with E-state index in [1.54, 1.807) is 0 Å². The fourth-order valence-corrected chi connectivity index (χ4v) is 2.30. The van der Waals surface area contributed by atoms with E-state index in [1.807, 2.05) is 0 Å². The fraction of sp³-hybridized carbons (Fsp3) is 0.500. The largest absolute Gasteiger partial charge is 0.394 e. The maximum Gasteiger partial charge on any atom is 0.241 e. The molecule has 1 aliphatic rings. The second-order valence-electron chi connectivity index (χ2n) is 4.63. The molecule has 1 aliphatic heterocycles. The number of fused-ring (bicyclic) bond motifs is 1. The van der Waals surface area contributed by atoms with Crippen LogP contribution in [0.2, 0.25) is 0 Å². The molecule has 21 heavy (non-hydrogen) atoms. The summed E-state index contributed by atoms with van der Waals surface area (Å²) >= 11 is 0. The van der Waals surface area contributed by atoms with Crippen LogP contribution < -0.4 is 17.0 Å². The number of anilines is 2. The van der Waals surface area contributed by atoms with E-state index in [1.165, 1.54) is 10.9 Å². The van der Waals surface area contributed by atoms with Crippen molar-refractivity contribution in [3.8, 4) is 0 Å². The van der Waals surface area contributed by atoms with Crippen LogP contribution in [0.3, 0.4) is 0 Å². The molecule has 11 nitrogen and oxygen atoms in total. The molecule has 11 heteroatoms. The number of aliphatic hydroxyl groups is 3. The molecule has 0 unspecified atom stereocenters. The summed E-state index contributed by atoms with van der Waals surface area (Å²) in [6.45, 7) is -0.423. The van der Waals surface area contributed by atoms with Gasteiger partial charge in [0.15, 0.2) is 17.7 Å². The Morgan fingerprint density at radius 3 is 2.71 bits per heavy atom. The lowest BCUT2D eigenvalue weighted by atomic mass is 10.1. The number of hydrogen-bond donors (Lipinski definition) is 6. The predicted octanol–water partition coefficient (Wildman–Crippen LogP) is -2.69. The second kappa shape index (κ2) is 5.05. The Hall–Kier alpha value is -2.05. The molecule has 0 amide bonds. The van der Waals surface area contributed by atoms with E-state index < -0.39 is 31.1 Å². The summed E-state index contributed by atoms with van der Waals surface area (Å²) in [5, 5.41) is 28.9.